The Bertz CT molecular complexity index is 900. The molecule has 0 radical (unpaired) electrons. The first-order chi connectivity index (χ1) is 15.3. The van der Waals surface area contributed by atoms with E-state index in [2.05, 4.69) is 73.6 Å². The lowest BCUT2D eigenvalue weighted by Crippen LogP contribution is -2.53. The van der Waals surface area contributed by atoms with Crippen LogP contribution in [0.5, 0.6) is 0 Å². The number of carbonyl (C=O) groups excluding carboxylic acids is 1. The van der Waals surface area contributed by atoms with Gasteiger partial charge >= 0.3 is 0 Å². The normalized spacial score (nSPS) is 41.2. The Labute approximate surface area is 203 Å². The molecule has 0 aromatic carbocycles. The van der Waals surface area contributed by atoms with E-state index in [-0.39, 0.29) is 27.8 Å². The highest BCUT2D eigenvalue weighted by Gasteiger charge is 2.63. The summed E-state index contributed by atoms with van der Waals surface area (Å²) in [6, 6.07) is 0. The molecular formula is C31H48O2. The quantitative estimate of drug-likeness (QED) is 0.394. The molecule has 4 aliphatic rings. The summed E-state index contributed by atoms with van der Waals surface area (Å²) in [5.41, 5.74) is 5.02. The fourth-order valence-corrected chi connectivity index (χ4v) is 8.89. The van der Waals surface area contributed by atoms with Crippen LogP contribution in [0.25, 0.3) is 0 Å². The van der Waals surface area contributed by atoms with Gasteiger partial charge in [-0.05, 0) is 97.5 Å². The molecule has 0 aliphatic heterocycles. The van der Waals surface area contributed by atoms with Crippen molar-refractivity contribution < 1.29 is 9.53 Å². The molecule has 0 bridgehead atoms. The van der Waals surface area contributed by atoms with E-state index in [1.54, 1.807) is 11.1 Å². The Hall–Kier alpha value is -1.15. The third kappa shape index (κ3) is 3.57. The van der Waals surface area contributed by atoms with E-state index in [1.165, 1.54) is 24.8 Å². The predicted octanol–water partition coefficient (Wildman–Crippen LogP) is 8.09. The summed E-state index contributed by atoms with van der Waals surface area (Å²) in [4.78, 5) is 12.8. The van der Waals surface area contributed by atoms with Crippen molar-refractivity contribution in [1.82, 2.24) is 0 Å². The number of hydrogen-bond acceptors (Lipinski definition) is 2. The van der Waals surface area contributed by atoms with E-state index < -0.39 is 0 Å². The van der Waals surface area contributed by atoms with E-state index in [1.807, 2.05) is 7.11 Å². The van der Waals surface area contributed by atoms with Crippen molar-refractivity contribution in [3.63, 3.8) is 0 Å². The zero-order valence-electron chi connectivity index (χ0n) is 22.8. The van der Waals surface area contributed by atoms with Gasteiger partial charge in [0.2, 0.25) is 0 Å². The highest BCUT2D eigenvalue weighted by Crippen LogP contribution is 2.71. The summed E-state index contributed by atoms with van der Waals surface area (Å²) in [6.45, 7) is 18.9. The zero-order chi connectivity index (χ0) is 24.4. The second-order valence-electron chi connectivity index (χ2n) is 13.4. The summed E-state index contributed by atoms with van der Waals surface area (Å²) in [6.07, 6.45) is 15.4. The van der Waals surface area contributed by atoms with Crippen LogP contribution in [0.2, 0.25) is 0 Å². The Kier molecular flexibility index (Phi) is 6.21. The van der Waals surface area contributed by atoms with Crippen molar-refractivity contribution in [2.75, 3.05) is 7.11 Å². The van der Waals surface area contributed by atoms with Gasteiger partial charge in [-0.2, -0.15) is 0 Å². The van der Waals surface area contributed by atoms with Crippen molar-refractivity contribution in [1.29, 1.82) is 0 Å². The van der Waals surface area contributed by atoms with Crippen LogP contribution in [0.3, 0.4) is 0 Å². The van der Waals surface area contributed by atoms with Crippen LogP contribution in [0.1, 0.15) is 100 Å². The molecular weight excluding hydrogens is 404 g/mol. The van der Waals surface area contributed by atoms with E-state index in [9.17, 15) is 4.79 Å². The first-order valence-electron chi connectivity index (χ1n) is 13.4. The van der Waals surface area contributed by atoms with Crippen LogP contribution in [0.4, 0.5) is 0 Å². The lowest BCUT2D eigenvalue weighted by molar-refractivity contribution is -0.138. The Morgan fingerprint density at radius 2 is 1.82 bits per heavy atom. The first kappa shape index (κ1) is 25.0. The summed E-state index contributed by atoms with van der Waals surface area (Å²) in [7, 11) is 1.85. The number of methoxy groups -OCH3 is 1. The molecule has 2 fully saturated rings. The minimum absolute atomic E-state index is 0.139. The van der Waals surface area contributed by atoms with Gasteiger partial charge in [-0.15, -0.1) is 0 Å². The van der Waals surface area contributed by atoms with Crippen LogP contribution >= 0.6 is 0 Å². The van der Waals surface area contributed by atoms with Gasteiger partial charge < -0.3 is 4.74 Å². The van der Waals surface area contributed by atoms with E-state index >= 15 is 0 Å². The third-order valence-corrected chi connectivity index (χ3v) is 11.2. The summed E-state index contributed by atoms with van der Waals surface area (Å²) < 4.78 is 5.84. The van der Waals surface area contributed by atoms with Crippen LogP contribution < -0.4 is 0 Å². The fourth-order valence-electron chi connectivity index (χ4n) is 8.89. The molecule has 0 aromatic heterocycles. The molecule has 2 saturated carbocycles. The lowest BCUT2D eigenvalue weighted by Gasteiger charge is -2.59. The largest absolute Gasteiger partial charge is 0.377 e. The van der Waals surface area contributed by atoms with Gasteiger partial charge in [0.1, 0.15) is 5.78 Å². The number of fused-ring (bicyclic) bond motifs is 5. The van der Waals surface area contributed by atoms with E-state index in [0.717, 1.165) is 25.7 Å². The molecule has 1 unspecified atom stereocenters. The Morgan fingerprint density at radius 3 is 2.45 bits per heavy atom. The molecule has 0 N–H and O–H groups in total. The molecule has 33 heavy (non-hydrogen) atoms. The minimum Gasteiger partial charge on any atom is -0.377 e. The van der Waals surface area contributed by atoms with Crippen molar-refractivity contribution in [3.8, 4) is 0 Å². The SMILES string of the molecule is CO[C@H](C=C(C)C)C[C@H](C)[C@@H]1CC[C@]2(C)C3=CCC4C(C)(C)C(=O)CC[C@]4(C)C3=CC[C@@]12C. The third-order valence-electron chi connectivity index (χ3n) is 11.2. The Balaban J connectivity index is 1.66. The molecule has 0 spiro atoms. The van der Waals surface area contributed by atoms with E-state index in [0.29, 0.717) is 23.5 Å². The average Bonchev–Trinajstić information content (AvgIpc) is 3.02. The van der Waals surface area contributed by atoms with Crippen molar-refractivity contribution >= 4 is 5.78 Å². The van der Waals surface area contributed by atoms with Gasteiger partial charge in [0, 0.05) is 18.9 Å². The zero-order valence-corrected chi connectivity index (χ0v) is 22.8. The number of carbonyl (C=O) groups is 1. The molecule has 4 rings (SSSR count). The summed E-state index contributed by atoms with van der Waals surface area (Å²) in [5.74, 6) is 2.23. The number of rotatable bonds is 5. The number of ether oxygens (including phenoxy) is 1. The smallest absolute Gasteiger partial charge is 0.138 e. The van der Waals surface area contributed by atoms with Crippen LogP contribution in [-0.2, 0) is 9.53 Å². The van der Waals surface area contributed by atoms with Crippen molar-refractivity contribution in [3.05, 3.63) is 34.9 Å². The standard InChI is InChI=1S/C31H48O2/c1-20(2)18-22(33-9)19-21(3)23-12-16-31(8)25-10-11-26-28(4,5)27(32)14-15-29(26,6)24(25)13-17-30(23,31)7/h10,13,18,21-23,26H,11-12,14-17,19H2,1-9H3/t21-,22+,23-,26?,29+,30-,31+/m0/s1. The molecule has 2 nitrogen and oxygen atoms in total. The van der Waals surface area contributed by atoms with Crippen LogP contribution in [0.15, 0.2) is 34.9 Å². The highest BCUT2D eigenvalue weighted by molar-refractivity contribution is 5.86. The molecule has 0 aromatic rings. The maximum atomic E-state index is 12.8. The van der Waals surface area contributed by atoms with Gasteiger partial charge in [-0.25, -0.2) is 0 Å². The van der Waals surface area contributed by atoms with Crippen LogP contribution in [0, 0.1) is 39.4 Å². The number of Topliss-reactive ketones (excluding diaryl/α,β-unsaturated/α-hetero) is 1. The maximum absolute atomic E-state index is 12.8. The van der Waals surface area contributed by atoms with Gasteiger partial charge in [-0.3, -0.25) is 4.79 Å². The first-order valence-corrected chi connectivity index (χ1v) is 13.4. The summed E-state index contributed by atoms with van der Waals surface area (Å²) in [5, 5.41) is 0. The van der Waals surface area contributed by atoms with Gasteiger partial charge in [0.15, 0.2) is 0 Å². The maximum Gasteiger partial charge on any atom is 0.138 e. The van der Waals surface area contributed by atoms with Gasteiger partial charge in [0.25, 0.3) is 0 Å². The minimum atomic E-state index is -0.218. The van der Waals surface area contributed by atoms with Gasteiger partial charge in [-0.1, -0.05) is 65.3 Å². The van der Waals surface area contributed by atoms with Crippen LogP contribution in [-0.4, -0.2) is 19.0 Å². The van der Waals surface area contributed by atoms with E-state index in [4.69, 9.17) is 4.74 Å². The number of ketones is 1. The Morgan fingerprint density at radius 1 is 1.12 bits per heavy atom. The summed E-state index contributed by atoms with van der Waals surface area (Å²) >= 11 is 0. The second kappa shape index (κ2) is 8.21. The molecule has 2 heteroatoms. The monoisotopic (exact) mass is 452 g/mol. The number of hydrogen-bond donors (Lipinski definition) is 0. The van der Waals surface area contributed by atoms with Gasteiger partial charge in [0.05, 0.1) is 6.10 Å². The number of allylic oxidation sites excluding steroid dienone is 5. The van der Waals surface area contributed by atoms with Crippen molar-refractivity contribution in [2.24, 2.45) is 39.4 Å². The lowest BCUT2D eigenvalue weighted by atomic mass is 9.44. The molecule has 4 aliphatic carbocycles. The highest BCUT2D eigenvalue weighted by atomic mass is 16.5. The van der Waals surface area contributed by atoms with Crippen molar-refractivity contribution in [2.45, 2.75) is 106 Å². The molecule has 0 heterocycles. The molecule has 0 amide bonds. The molecule has 184 valence electrons. The molecule has 7 atom stereocenters. The topological polar surface area (TPSA) is 26.3 Å². The second-order valence-corrected chi connectivity index (χ2v) is 13.4. The predicted molar refractivity (Wildman–Crippen MR) is 138 cm³/mol. The average molecular weight is 453 g/mol. The fraction of sp³-hybridized carbons (Fsp3) is 0.774. The molecule has 0 saturated heterocycles.